The second-order valence-corrected chi connectivity index (χ2v) is 5.03. The third-order valence-electron chi connectivity index (χ3n) is 3.83. The van der Waals surface area contributed by atoms with Gasteiger partial charge in [-0.15, -0.1) is 5.10 Å². The molecule has 0 aliphatic carbocycles. The monoisotopic (exact) mass is 286 g/mol. The van der Waals surface area contributed by atoms with E-state index in [0.717, 1.165) is 38.4 Å². The van der Waals surface area contributed by atoms with E-state index in [1.54, 1.807) is 4.68 Å². The third-order valence-corrected chi connectivity index (χ3v) is 3.83. The number of carbonyl (C=O) groups excluding carboxylic acids is 1. The Balaban J connectivity index is 1.68. The first-order valence-electron chi connectivity index (χ1n) is 7.13. The van der Waals surface area contributed by atoms with Gasteiger partial charge in [-0.1, -0.05) is 6.92 Å². The Morgan fingerprint density at radius 1 is 1.14 bits per heavy atom. The summed E-state index contributed by atoms with van der Waals surface area (Å²) in [6, 6.07) is 7.36. The van der Waals surface area contributed by atoms with Crippen molar-refractivity contribution in [1.29, 1.82) is 0 Å². The van der Waals surface area contributed by atoms with Crippen molar-refractivity contribution in [3.8, 4) is 5.69 Å². The van der Waals surface area contributed by atoms with E-state index in [-0.39, 0.29) is 5.91 Å². The topological polar surface area (TPSA) is 67.2 Å². The molecule has 0 saturated carbocycles. The molecule has 1 amide bonds. The summed E-state index contributed by atoms with van der Waals surface area (Å²) in [6.45, 7) is 6.68. The van der Waals surface area contributed by atoms with Gasteiger partial charge in [0.2, 0.25) is 0 Å². The first-order valence-corrected chi connectivity index (χ1v) is 7.13. The first-order chi connectivity index (χ1) is 10.3. The lowest BCUT2D eigenvalue weighted by molar-refractivity contribution is 0.0643. The van der Waals surface area contributed by atoms with Crippen LogP contribution in [-0.4, -0.2) is 68.6 Å². The number of carbonyl (C=O) groups is 1. The van der Waals surface area contributed by atoms with Gasteiger partial charge in [0.05, 0.1) is 5.69 Å². The molecule has 1 aliphatic heterocycles. The fourth-order valence-corrected chi connectivity index (χ4v) is 2.49. The maximum atomic E-state index is 12.5. The van der Waals surface area contributed by atoms with Gasteiger partial charge < -0.3 is 9.80 Å². The molecule has 3 rings (SSSR count). The number of amides is 1. The number of likely N-dealkylation sites (N-methyl/N-ethyl adjacent to an activating group) is 1. The summed E-state index contributed by atoms with van der Waals surface area (Å²) >= 11 is 0. The van der Waals surface area contributed by atoms with Crippen LogP contribution in [0.2, 0.25) is 0 Å². The molecule has 0 atom stereocenters. The number of hydrogen-bond donors (Lipinski definition) is 0. The quantitative estimate of drug-likeness (QED) is 0.819. The number of rotatable bonds is 3. The van der Waals surface area contributed by atoms with Crippen LogP contribution in [0.4, 0.5) is 0 Å². The van der Waals surface area contributed by atoms with Crippen LogP contribution in [0, 0.1) is 0 Å². The van der Waals surface area contributed by atoms with E-state index in [1.165, 1.54) is 6.33 Å². The predicted octanol–water partition coefficient (Wildman–Crippen LogP) is 0.440. The minimum Gasteiger partial charge on any atom is -0.336 e. The Morgan fingerprint density at radius 3 is 2.43 bits per heavy atom. The second-order valence-electron chi connectivity index (χ2n) is 5.03. The molecule has 2 heterocycles. The smallest absolute Gasteiger partial charge is 0.253 e. The molecule has 1 aromatic carbocycles. The fraction of sp³-hybridized carbons (Fsp3) is 0.429. The summed E-state index contributed by atoms with van der Waals surface area (Å²) in [5, 5.41) is 11.0. The van der Waals surface area contributed by atoms with Gasteiger partial charge in [-0.25, -0.2) is 4.68 Å². The Kier molecular flexibility index (Phi) is 3.92. The van der Waals surface area contributed by atoms with Crippen molar-refractivity contribution < 1.29 is 4.79 Å². The molecule has 2 aromatic rings. The van der Waals surface area contributed by atoms with Gasteiger partial charge in [-0.2, -0.15) is 0 Å². The van der Waals surface area contributed by atoms with Crippen LogP contribution >= 0.6 is 0 Å². The van der Waals surface area contributed by atoms with Crippen LogP contribution in [0.3, 0.4) is 0 Å². The van der Waals surface area contributed by atoms with E-state index in [0.29, 0.717) is 5.56 Å². The highest BCUT2D eigenvalue weighted by Crippen LogP contribution is 2.12. The van der Waals surface area contributed by atoms with Crippen LogP contribution < -0.4 is 0 Å². The molecular formula is C14H18N6O. The van der Waals surface area contributed by atoms with Gasteiger partial charge >= 0.3 is 0 Å². The van der Waals surface area contributed by atoms with E-state index in [2.05, 4.69) is 27.3 Å². The average Bonchev–Trinajstić information content (AvgIpc) is 3.09. The molecule has 21 heavy (non-hydrogen) atoms. The standard InChI is InChI=1S/C14H18N6O/c1-2-18-7-9-19(10-8-18)14(21)12-3-5-13(6-4-12)20-11-15-16-17-20/h3-6,11H,2,7-10H2,1H3. The van der Waals surface area contributed by atoms with Crippen molar-refractivity contribution in [3.63, 3.8) is 0 Å². The number of piperazine rings is 1. The molecule has 7 heteroatoms. The average molecular weight is 286 g/mol. The molecule has 1 aliphatic rings. The predicted molar refractivity (Wildman–Crippen MR) is 77.2 cm³/mol. The number of benzene rings is 1. The molecular weight excluding hydrogens is 268 g/mol. The molecule has 1 fully saturated rings. The molecule has 110 valence electrons. The number of nitrogens with zero attached hydrogens (tertiary/aromatic N) is 6. The fourth-order valence-electron chi connectivity index (χ4n) is 2.49. The molecule has 0 bridgehead atoms. The lowest BCUT2D eigenvalue weighted by Crippen LogP contribution is -2.48. The molecule has 0 spiro atoms. The van der Waals surface area contributed by atoms with Gasteiger partial charge in [-0.3, -0.25) is 4.79 Å². The summed E-state index contributed by atoms with van der Waals surface area (Å²) in [6.07, 6.45) is 1.53. The van der Waals surface area contributed by atoms with Gasteiger partial charge in [-0.05, 0) is 41.2 Å². The molecule has 0 N–H and O–H groups in total. The Labute approximate surface area is 123 Å². The van der Waals surface area contributed by atoms with Gasteiger partial charge in [0.1, 0.15) is 6.33 Å². The molecule has 1 aromatic heterocycles. The van der Waals surface area contributed by atoms with E-state index in [9.17, 15) is 4.79 Å². The zero-order valence-electron chi connectivity index (χ0n) is 12.0. The van der Waals surface area contributed by atoms with Crippen molar-refractivity contribution in [3.05, 3.63) is 36.2 Å². The SMILES string of the molecule is CCN1CCN(C(=O)c2ccc(-n3cnnn3)cc2)CC1. The molecule has 0 radical (unpaired) electrons. The van der Waals surface area contributed by atoms with E-state index < -0.39 is 0 Å². The maximum absolute atomic E-state index is 12.5. The van der Waals surface area contributed by atoms with Crippen molar-refractivity contribution in [2.45, 2.75) is 6.92 Å². The molecule has 7 nitrogen and oxygen atoms in total. The normalized spacial score (nSPS) is 16.1. The Morgan fingerprint density at radius 2 is 1.86 bits per heavy atom. The van der Waals surface area contributed by atoms with Gasteiger partial charge in [0.25, 0.3) is 5.91 Å². The van der Waals surface area contributed by atoms with Crippen LogP contribution in [0.1, 0.15) is 17.3 Å². The highest BCUT2D eigenvalue weighted by molar-refractivity contribution is 5.94. The zero-order valence-corrected chi connectivity index (χ0v) is 12.0. The third kappa shape index (κ3) is 2.92. The Hall–Kier alpha value is -2.28. The molecule has 0 unspecified atom stereocenters. The van der Waals surface area contributed by atoms with Crippen molar-refractivity contribution in [1.82, 2.24) is 30.0 Å². The van der Waals surface area contributed by atoms with Gasteiger partial charge in [0, 0.05) is 31.7 Å². The highest BCUT2D eigenvalue weighted by atomic mass is 16.2. The number of tetrazole rings is 1. The Bertz CT molecular complexity index is 586. The first kappa shape index (κ1) is 13.7. The molecule has 1 saturated heterocycles. The maximum Gasteiger partial charge on any atom is 0.253 e. The minimum atomic E-state index is 0.0917. The van der Waals surface area contributed by atoms with Crippen LogP contribution in [0.15, 0.2) is 30.6 Å². The zero-order chi connectivity index (χ0) is 14.7. The largest absolute Gasteiger partial charge is 0.336 e. The highest BCUT2D eigenvalue weighted by Gasteiger charge is 2.21. The van der Waals surface area contributed by atoms with E-state index in [1.807, 2.05) is 29.2 Å². The van der Waals surface area contributed by atoms with Crippen molar-refractivity contribution in [2.75, 3.05) is 32.7 Å². The number of aromatic nitrogens is 4. The van der Waals surface area contributed by atoms with Crippen molar-refractivity contribution in [2.24, 2.45) is 0 Å². The minimum absolute atomic E-state index is 0.0917. The lowest BCUT2D eigenvalue weighted by atomic mass is 10.1. The van der Waals surface area contributed by atoms with E-state index in [4.69, 9.17) is 0 Å². The van der Waals surface area contributed by atoms with Crippen LogP contribution in [-0.2, 0) is 0 Å². The van der Waals surface area contributed by atoms with E-state index >= 15 is 0 Å². The van der Waals surface area contributed by atoms with Gasteiger partial charge in [0.15, 0.2) is 0 Å². The summed E-state index contributed by atoms with van der Waals surface area (Å²) in [5.41, 5.74) is 1.55. The number of hydrogen-bond acceptors (Lipinski definition) is 5. The summed E-state index contributed by atoms with van der Waals surface area (Å²) in [4.78, 5) is 16.7. The lowest BCUT2D eigenvalue weighted by Gasteiger charge is -2.34. The van der Waals surface area contributed by atoms with Crippen molar-refractivity contribution >= 4 is 5.91 Å². The van der Waals surface area contributed by atoms with Crippen LogP contribution in [0.25, 0.3) is 5.69 Å². The summed E-state index contributed by atoms with van der Waals surface area (Å²) in [5.74, 6) is 0.0917. The summed E-state index contributed by atoms with van der Waals surface area (Å²) < 4.78 is 1.56. The second kappa shape index (κ2) is 6.01. The summed E-state index contributed by atoms with van der Waals surface area (Å²) in [7, 11) is 0. The van der Waals surface area contributed by atoms with Crippen LogP contribution in [0.5, 0.6) is 0 Å².